The van der Waals surface area contributed by atoms with Crippen LogP contribution in [0.2, 0.25) is 0 Å². The van der Waals surface area contributed by atoms with Crippen molar-refractivity contribution in [2.45, 2.75) is 13.0 Å². The Bertz CT molecular complexity index is 1060. The van der Waals surface area contributed by atoms with Crippen LogP contribution in [0.4, 0.5) is 5.69 Å². The number of anilines is 1. The van der Waals surface area contributed by atoms with Gasteiger partial charge in [-0.15, -0.1) is 0 Å². The van der Waals surface area contributed by atoms with Gasteiger partial charge < -0.3 is 15.2 Å². The number of benzene rings is 2. The molecule has 2 N–H and O–H groups in total. The number of likely N-dealkylation sites (tertiary alicyclic amines) is 1. The van der Waals surface area contributed by atoms with Gasteiger partial charge in [-0.3, -0.25) is 14.4 Å². The molecule has 1 atom stereocenters. The molecule has 1 saturated heterocycles. The van der Waals surface area contributed by atoms with Gasteiger partial charge in [0, 0.05) is 25.2 Å². The molecule has 1 aliphatic rings. The van der Waals surface area contributed by atoms with Gasteiger partial charge in [0.2, 0.25) is 11.8 Å². The molecule has 136 valence electrons. The Morgan fingerprint density at radius 1 is 1.19 bits per heavy atom. The Balaban J connectivity index is 1.45. The summed E-state index contributed by atoms with van der Waals surface area (Å²) in [4.78, 5) is 45.0. The molecule has 0 aliphatic carbocycles. The predicted molar refractivity (Wildman–Crippen MR) is 101 cm³/mol. The first-order valence-electron chi connectivity index (χ1n) is 8.70. The van der Waals surface area contributed by atoms with E-state index in [9.17, 15) is 14.4 Å². The summed E-state index contributed by atoms with van der Waals surface area (Å²) >= 11 is 0. The third kappa shape index (κ3) is 3.57. The fourth-order valence-corrected chi connectivity index (χ4v) is 3.30. The van der Waals surface area contributed by atoms with Gasteiger partial charge >= 0.3 is 0 Å². The Kier molecular flexibility index (Phi) is 4.42. The molecule has 2 amide bonds. The maximum absolute atomic E-state index is 12.6. The van der Waals surface area contributed by atoms with Crippen molar-refractivity contribution < 1.29 is 9.59 Å². The van der Waals surface area contributed by atoms with E-state index in [-0.39, 0.29) is 23.8 Å². The smallest absolute Gasteiger partial charge is 0.258 e. The van der Waals surface area contributed by atoms with Crippen molar-refractivity contribution in [2.24, 2.45) is 5.92 Å². The Labute approximate surface area is 155 Å². The molecule has 4 rings (SSSR count). The first-order chi connectivity index (χ1) is 13.1. The first kappa shape index (κ1) is 17.0. The average Bonchev–Trinajstić information content (AvgIpc) is 3.04. The molecule has 7 nitrogen and oxygen atoms in total. The topological polar surface area (TPSA) is 95.2 Å². The lowest BCUT2D eigenvalue weighted by Crippen LogP contribution is -2.28. The number of nitrogens with one attached hydrogen (secondary N) is 2. The van der Waals surface area contributed by atoms with Crippen molar-refractivity contribution in [3.05, 3.63) is 70.8 Å². The van der Waals surface area contributed by atoms with Crippen LogP contribution in [-0.2, 0) is 16.1 Å². The Hall–Kier alpha value is -3.48. The van der Waals surface area contributed by atoms with Crippen molar-refractivity contribution in [1.29, 1.82) is 0 Å². The molecule has 1 aliphatic heterocycles. The van der Waals surface area contributed by atoms with Crippen LogP contribution < -0.4 is 10.9 Å². The zero-order chi connectivity index (χ0) is 18.8. The highest BCUT2D eigenvalue weighted by molar-refractivity contribution is 5.98. The van der Waals surface area contributed by atoms with Crippen LogP contribution in [0.3, 0.4) is 0 Å². The number of aromatic nitrogens is 2. The van der Waals surface area contributed by atoms with Crippen LogP contribution in [0.5, 0.6) is 0 Å². The monoisotopic (exact) mass is 362 g/mol. The fraction of sp³-hybridized carbons (Fsp3) is 0.200. The number of hydrogen-bond acceptors (Lipinski definition) is 4. The molecule has 3 aromatic rings. The fourth-order valence-electron chi connectivity index (χ4n) is 3.30. The predicted octanol–water partition coefficient (Wildman–Crippen LogP) is 1.91. The van der Waals surface area contributed by atoms with Crippen LogP contribution in [0, 0.1) is 5.92 Å². The zero-order valence-electron chi connectivity index (χ0n) is 14.5. The quantitative estimate of drug-likeness (QED) is 0.741. The van der Waals surface area contributed by atoms with Crippen molar-refractivity contribution in [3.8, 4) is 0 Å². The molecule has 0 saturated carbocycles. The lowest BCUT2D eigenvalue weighted by molar-refractivity contribution is -0.128. The first-order valence-corrected chi connectivity index (χ1v) is 8.70. The van der Waals surface area contributed by atoms with Gasteiger partial charge in [-0.2, -0.15) is 0 Å². The minimum absolute atomic E-state index is 0.0295. The van der Waals surface area contributed by atoms with Gasteiger partial charge in [0.05, 0.1) is 23.1 Å². The average molecular weight is 362 g/mol. The normalized spacial score (nSPS) is 16.7. The molecule has 0 bridgehead atoms. The minimum atomic E-state index is -0.413. The highest BCUT2D eigenvalue weighted by atomic mass is 16.2. The molecule has 0 unspecified atom stereocenters. The number of aromatic amines is 1. The van der Waals surface area contributed by atoms with E-state index in [1.165, 1.54) is 6.33 Å². The number of carbonyl (C=O) groups is 2. The third-order valence-corrected chi connectivity index (χ3v) is 4.71. The number of fused-ring (bicyclic) bond motifs is 1. The van der Waals surface area contributed by atoms with Crippen LogP contribution in [0.25, 0.3) is 10.9 Å². The van der Waals surface area contributed by atoms with Gasteiger partial charge in [0.1, 0.15) is 0 Å². The number of nitrogens with zero attached hydrogens (tertiary/aromatic N) is 2. The molecule has 1 aromatic heterocycles. The van der Waals surface area contributed by atoms with Gasteiger partial charge in [-0.1, -0.05) is 30.3 Å². The van der Waals surface area contributed by atoms with Gasteiger partial charge in [0.15, 0.2) is 0 Å². The second-order valence-electron chi connectivity index (χ2n) is 6.61. The molecule has 2 heterocycles. The standard InChI is InChI=1S/C20H18N4O3/c25-18-8-14(11-24(18)10-13-4-2-1-3-5-13)19(26)23-15-6-7-17-16(9-15)20(27)22-12-21-17/h1-7,9,12,14H,8,10-11H2,(H,23,26)(H,21,22,27)/t14-/m1/s1. The van der Waals surface area contributed by atoms with Crippen molar-refractivity contribution >= 4 is 28.4 Å². The number of rotatable bonds is 4. The number of H-pyrrole nitrogens is 1. The van der Waals surface area contributed by atoms with E-state index in [1.807, 2.05) is 30.3 Å². The minimum Gasteiger partial charge on any atom is -0.338 e. The van der Waals surface area contributed by atoms with Gasteiger partial charge in [-0.25, -0.2) is 4.98 Å². The number of hydrogen-bond donors (Lipinski definition) is 2. The van der Waals surface area contributed by atoms with Crippen molar-refractivity contribution in [2.75, 3.05) is 11.9 Å². The summed E-state index contributed by atoms with van der Waals surface area (Å²) in [6.07, 6.45) is 1.53. The summed E-state index contributed by atoms with van der Waals surface area (Å²) in [7, 11) is 0. The summed E-state index contributed by atoms with van der Waals surface area (Å²) in [5.41, 5.74) is 1.84. The van der Waals surface area contributed by atoms with Crippen molar-refractivity contribution in [3.63, 3.8) is 0 Å². The largest absolute Gasteiger partial charge is 0.338 e. The Morgan fingerprint density at radius 2 is 2.00 bits per heavy atom. The summed E-state index contributed by atoms with van der Waals surface area (Å²) in [6, 6.07) is 14.7. The van der Waals surface area contributed by atoms with E-state index in [0.29, 0.717) is 29.7 Å². The summed E-state index contributed by atoms with van der Waals surface area (Å²) in [5, 5.41) is 3.22. The van der Waals surface area contributed by atoms with Crippen LogP contribution >= 0.6 is 0 Å². The molecule has 1 fully saturated rings. The maximum Gasteiger partial charge on any atom is 0.258 e. The lowest BCUT2D eigenvalue weighted by Gasteiger charge is -2.16. The van der Waals surface area contributed by atoms with Crippen LogP contribution in [0.1, 0.15) is 12.0 Å². The van der Waals surface area contributed by atoms with E-state index < -0.39 is 5.92 Å². The van der Waals surface area contributed by atoms with Crippen LogP contribution in [-0.4, -0.2) is 33.2 Å². The van der Waals surface area contributed by atoms with E-state index in [1.54, 1.807) is 23.1 Å². The van der Waals surface area contributed by atoms with E-state index in [0.717, 1.165) is 5.56 Å². The molecule has 0 spiro atoms. The second kappa shape index (κ2) is 7.03. The second-order valence-corrected chi connectivity index (χ2v) is 6.61. The molecule has 0 radical (unpaired) electrons. The number of carbonyl (C=O) groups excluding carboxylic acids is 2. The number of amides is 2. The van der Waals surface area contributed by atoms with E-state index >= 15 is 0 Å². The summed E-state index contributed by atoms with van der Waals surface area (Å²) in [6.45, 7) is 0.885. The maximum atomic E-state index is 12.6. The van der Waals surface area contributed by atoms with Crippen molar-refractivity contribution in [1.82, 2.24) is 14.9 Å². The SMILES string of the molecule is O=C(Nc1ccc2nc[nH]c(=O)c2c1)[C@@H]1CC(=O)N(Cc2ccccc2)C1. The van der Waals surface area contributed by atoms with Crippen LogP contribution in [0.15, 0.2) is 59.7 Å². The molecule has 2 aromatic carbocycles. The molecular weight excluding hydrogens is 344 g/mol. The highest BCUT2D eigenvalue weighted by Crippen LogP contribution is 2.22. The lowest BCUT2D eigenvalue weighted by atomic mass is 10.1. The molecular formula is C20H18N4O3. The van der Waals surface area contributed by atoms with Gasteiger partial charge in [0.25, 0.3) is 5.56 Å². The highest BCUT2D eigenvalue weighted by Gasteiger charge is 2.34. The van der Waals surface area contributed by atoms with E-state index in [4.69, 9.17) is 0 Å². The summed E-state index contributed by atoms with van der Waals surface area (Å²) < 4.78 is 0. The van der Waals surface area contributed by atoms with E-state index in [2.05, 4.69) is 15.3 Å². The summed E-state index contributed by atoms with van der Waals surface area (Å²) in [5.74, 6) is -0.666. The Morgan fingerprint density at radius 3 is 2.81 bits per heavy atom. The van der Waals surface area contributed by atoms with Gasteiger partial charge in [-0.05, 0) is 23.8 Å². The zero-order valence-corrected chi connectivity index (χ0v) is 14.5. The molecule has 7 heteroatoms. The third-order valence-electron chi connectivity index (χ3n) is 4.71. The molecule has 27 heavy (non-hydrogen) atoms.